The first-order chi connectivity index (χ1) is 29.0. The Labute approximate surface area is 353 Å². The van der Waals surface area contributed by atoms with Gasteiger partial charge in [-0.25, -0.2) is 9.46 Å². The van der Waals surface area contributed by atoms with Gasteiger partial charge in [0.25, 0.3) is 14.1 Å². The van der Waals surface area contributed by atoms with Gasteiger partial charge in [-0.05, 0) is 75.6 Å². The normalized spacial score (nSPS) is 18.6. The van der Waals surface area contributed by atoms with Gasteiger partial charge in [0.15, 0.2) is 0 Å². The molecule has 0 radical (unpaired) electrons. The maximum absolute atomic E-state index is 14.0. The zero-order valence-electron chi connectivity index (χ0n) is 35.0. The average molecular weight is 870 g/mol. The average Bonchev–Trinajstić information content (AvgIpc) is 3.59. The van der Waals surface area contributed by atoms with Crippen molar-refractivity contribution in [2.24, 2.45) is 0 Å². The van der Waals surface area contributed by atoms with Crippen molar-refractivity contribution in [2.75, 3.05) is 34.0 Å². The van der Waals surface area contributed by atoms with E-state index in [4.69, 9.17) is 28.0 Å². The lowest BCUT2D eigenvalue weighted by Crippen LogP contribution is -2.56. The number of H-pyrrole nitrogens is 1. The molecule has 328 valence electrons. The van der Waals surface area contributed by atoms with E-state index in [1.807, 2.05) is 74.1 Å². The Morgan fingerprint density at radius 3 is 2.03 bits per heavy atom. The highest BCUT2D eigenvalue weighted by molar-refractivity contribution is 7.44. The van der Waals surface area contributed by atoms with Crippen molar-refractivity contribution < 1.29 is 46.0 Å². The van der Waals surface area contributed by atoms with Crippen molar-refractivity contribution in [3.63, 3.8) is 0 Å². The number of aromatic amines is 1. The van der Waals surface area contributed by atoms with Crippen LogP contribution in [0.25, 0.3) is 0 Å². The Kier molecular flexibility index (Phi) is 15.6. The number of rotatable bonds is 19. The molecule has 0 aliphatic carbocycles. The minimum Gasteiger partial charge on any atom is -0.497 e. The van der Waals surface area contributed by atoms with Gasteiger partial charge in [-0.1, -0.05) is 54.6 Å². The van der Waals surface area contributed by atoms with Crippen LogP contribution in [0, 0.1) is 18.3 Å². The highest BCUT2D eigenvalue weighted by Gasteiger charge is 2.55. The van der Waals surface area contributed by atoms with Gasteiger partial charge in [0.1, 0.15) is 35.0 Å². The highest BCUT2D eigenvalue weighted by atomic mass is 31.2. The fraction of sp³-hybridized carbons (Fsp3) is 0.442. The number of aromatic nitrogens is 2. The summed E-state index contributed by atoms with van der Waals surface area (Å²) in [7, 11) is 0.973. The van der Waals surface area contributed by atoms with Crippen LogP contribution >= 0.6 is 8.53 Å². The summed E-state index contributed by atoms with van der Waals surface area (Å²) in [6.45, 7) is 7.75. The number of hydrogen-bond donors (Lipinski definition) is 2. The van der Waals surface area contributed by atoms with Crippen molar-refractivity contribution in [1.82, 2.24) is 19.5 Å². The molecule has 3 aromatic carbocycles. The van der Waals surface area contributed by atoms with Crippen LogP contribution in [0.1, 0.15) is 69.0 Å². The van der Waals surface area contributed by atoms with E-state index in [1.54, 1.807) is 48.5 Å². The first-order valence-electron chi connectivity index (χ1n) is 19.6. The minimum absolute atomic E-state index is 0.0152. The number of hydrogen-bond acceptors (Lipinski definition) is 11. The van der Waals surface area contributed by atoms with Crippen molar-refractivity contribution in [2.45, 2.75) is 89.3 Å². The van der Waals surface area contributed by atoms with E-state index < -0.39 is 68.5 Å². The third-order valence-electron chi connectivity index (χ3n) is 10.2. The summed E-state index contributed by atoms with van der Waals surface area (Å²) in [5.41, 5.74) is -3.03. The molecule has 2 heterocycles. The zero-order valence-corrected chi connectivity index (χ0v) is 35.9. The second-order valence-corrected chi connectivity index (χ2v) is 16.4. The second kappa shape index (κ2) is 20.2. The lowest BCUT2D eigenvalue weighted by atomic mass is 9.79. The van der Waals surface area contributed by atoms with Gasteiger partial charge in [0, 0.05) is 30.3 Å². The maximum atomic E-state index is 14.0. The summed E-state index contributed by atoms with van der Waals surface area (Å²) in [6, 6.07) is 25.0. The molecule has 1 aliphatic rings. The largest absolute Gasteiger partial charge is 0.497 e. The maximum Gasteiger partial charge on any atom is 0.471 e. The molecule has 1 aliphatic heterocycles. The molecule has 1 saturated heterocycles. The number of carbonyl (C=O) groups is 1. The Bertz CT molecular complexity index is 2180. The minimum atomic E-state index is -5.28. The third-order valence-corrected chi connectivity index (χ3v) is 12.4. The fourth-order valence-electron chi connectivity index (χ4n) is 7.27. The lowest BCUT2D eigenvalue weighted by Gasteiger charge is -2.43. The number of alkyl halides is 3. The van der Waals surface area contributed by atoms with Crippen LogP contribution in [0.3, 0.4) is 0 Å². The molecule has 4 aromatic rings. The molecule has 2 N–H and O–H groups in total. The molecule has 1 aromatic heterocycles. The van der Waals surface area contributed by atoms with Crippen LogP contribution in [0.5, 0.6) is 11.5 Å². The van der Waals surface area contributed by atoms with E-state index >= 15 is 0 Å². The first-order valence-corrected chi connectivity index (χ1v) is 20.7. The highest BCUT2D eigenvalue weighted by Crippen LogP contribution is 2.53. The molecule has 0 bridgehead atoms. The molecule has 1 unspecified atom stereocenters. The number of aryl methyl sites for hydroxylation is 1. The van der Waals surface area contributed by atoms with Crippen LogP contribution in [-0.2, 0) is 28.9 Å². The summed E-state index contributed by atoms with van der Waals surface area (Å²) in [5.74, 6) is -1.14. The molecular weight excluding hydrogens is 818 g/mol. The van der Waals surface area contributed by atoms with Crippen LogP contribution < -0.4 is 26.0 Å². The van der Waals surface area contributed by atoms with Gasteiger partial charge in [-0.3, -0.25) is 19.1 Å². The number of nitrogens with zero attached hydrogens (tertiary/aromatic N) is 3. The molecule has 0 spiro atoms. The topological polar surface area (TPSA) is 166 Å². The Hall–Kier alpha value is -5.08. The van der Waals surface area contributed by atoms with E-state index in [-0.39, 0.29) is 37.1 Å². The number of methoxy groups -OCH3 is 2. The third kappa shape index (κ3) is 10.7. The smallest absolute Gasteiger partial charge is 0.471 e. The van der Waals surface area contributed by atoms with Crippen molar-refractivity contribution >= 4 is 14.4 Å². The Morgan fingerprint density at radius 1 is 0.967 bits per heavy atom. The summed E-state index contributed by atoms with van der Waals surface area (Å²) in [4.78, 5) is 40.8. The van der Waals surface area contributed by atoms with Crippen LogP contribution in [0.2, 0.25) is 0 Å². The van der Waals surface area contributed by atoms with Crippen LogP contribution in [0.4, 0.5) is 13.2 Å². The van der Waals surface area contributed by atoms with Gasteiger partial charge in [0.05, 0.1) is 46.5 Å². The van der Waals surface area contributed by atoms with Gasteiger partial charge in [0.2, 0.25) is 0 Å². The van der Waals surface area contributed by atoms with Crippen molar-refractivity contribution in [3.8, 4) is 17.6 Å². The SMILES string of the molecule is COc1ccc(C(OC[C@@]2(CNC(=O)C(F)(F)F)O[C@@H](n3cc(C)c(=O)[nH]c3=O)C[C@@H]2OP(OCCC#N)N(C(C)C)C(C)C)(c2ccccc2)c2ccc(OC)cc2)cc1. The van der Waals surface area contributed by atoms with Crippen LogP contribution in [-0.4, -0.2) is 84.1 Å². The molecule has 14 nitrogen and oxygen atoms in total. The Balaban J connectivity index is 1.76. The van der Waals surface area contributed by atoms with E-state index in [0.29, 0.717) is 28.2 Å². The molecule has 1 fully saturated rings. The van der Waals surface area contributed by atoms with E-state index in [0.717, 1.165) is 4.57 Å². The Morgan fingerprint density at radius 2 is 1.52 bits per heavy atom. The number of nitrogens with one attached hydrogen (secondary N) is 2. The number of benzene rings is 3. The van der Waals surface area contributed by atoms with Gasteiger partial charge in [-0.2, -0.15) is 18.4 Å². The number of ether oxygens (including phenoxy) is 4. The molecule has 0 saturated carbocycles. The van der Waals surface area contributed by atoms with Crippen molar-refractivity contribution in [1.29, 1.82) is 5.26 Å². The van der Waals surface area contributed by atoms with Crippen molar-refractivity contribution in [3.05, 3.63) is 128 Å². The molecule has 5 rings (SSSR count). The van der Waals surface area contributed by atoms with E-state index in [2.05, 4.69) is 4.98 Å². The fourth-order valence-corrected chi connectivity index (χ4v) is 9.07. The number of nitriles is 1. The monoisotopic (exact) mass is 869 g/mol. The van der Waals surface area contributed by atoms with Gasteiger partial charge >= 0.3 is 17.8 Å². The summed E-state index contributed by atoms with van der Waals surface area (Å²) in [5, 5.41) is 11.4. The van der Waals surface area contributed by atoms with E-state index in [1.165, 1.54) is 27.3 Å². The standard InChI is InChI=1S/C43H51F3N5O9P/c1-28(2)51(29(3)4)61(58-23-11-22-47)60-36-24-37(50-25-30(5)38(52)49-40(50)54)59-41(36,26-48-39(53)43(44,45)46)27-57-42(31-12-9-8-10-13-31,32-14-18-34(55-6)19-15-32)33-16-20-35(56-7)21-17-33/h8-10,12-21,25,28-29,36-37H,11,23-24,26-27H2,1-7H3,(H,48,53)(H,49,52,54)/t36-,37+,41+,61?/m0/s1. The second-order valence-electron chi connectivity index (χ2n) is 15.0. The van der Waals surface area contributed by atoms with Gasteiger partial charge < -0.3 is 33.3 Å². The van der Waals surface area contributed by atoms with Gasteiger partial charge in [-0.15, -0.1) is 0 Å². The van der Waals surface area contributed by atoms with Crippen LogP contribution in [0.15, 0.2) is 94.6 Å². The van der Waals surface area contributed by atoms with E-state index in [9.17, 15) is 32.8 Å². The molecular formula is C43H51F3N5O9P. The lowest BCUT2D eigenvalue weighted by molar-refractivity contribution is -0.180. The quantitative estimate of drug-likeness (QED) is 0.0574. The zero-order chi connectivity index (χ0) is 44.5. The predicted octanol–water partition coefficient (Wildman–Crippen LogP) is 6.87. The molecule has 4 atom stereocenters. The number of carbonyl (C=O) groups excluding carboxylic acids is 1. The molecule has 18 heteroatoms. The predicted molar refractivity (Wildman–Crippen MR) is 221 cm³/mol. The molecule has 1 amide bonds. The first kappa shape index (κ1) is 47.0. The summed E-state index contributed by atoms with van der Waals surface area (Å²) in [6.07, 6.45) is -6.65. The number of amides is 1. The summed E-state index contributed by atoms with van der Waals surface area (Å²) < 4.78 is 83.0. The number of halogens is 3. The molecule has 61 heavy (non-hydrogen) atoms. The summed E-state index contributed by atoms with van der Waals surface area (Å²) >= 11 is 0.